The molecule has 3 heteroatoms. The predicted molar refractivity (Wildman–Crippen MR) is 117 cm³/mol. The maximum Gasteiger partial charge on any atom is 0.251 e. The van der Waals surface area contributed by atoms with E-state index in [1.165, 1.54) is 11.1 Å². The molecule has 0 fully saturated rings. The van der Waals surface area contributed by atoms with Crippen LogP contribution in [0.5, 0.6) is 0 Å². The molecule has 0 saturated carbocycles. The van der Waals surface area contributed by atoms with Crippen LogP contribution >= 0.6 is 0 Å². The summed E-state index contributed by atoms with van der Waals surface area (Å²) in [6, 6.07) is 12.4. The lowest BCUT2D eigenvalue weighted by molar-refractivity contribution is 0.0953. The molecule has 1 aliphatic carbocycles. The van der Waals surface area contributed by atoms with Gasteiger partial charge in [-0.1, -0.05) is 38.1 Å². The smallest absolute Gasteiger partial charge is 0.251 e. The van der Waals surface area contributed by atoms with Gasteiger partial charge < -0.3 is 10.6 Å². The average molecular weight is 373 g/mol. The number of amides is 1. The molecule has 0 spiro atoms. The number of benzene rings is 2. The van der Waals surface area contributed by atoms with Crippen molar-refractivity contribution in [3.05, 3.63) is 65.2 Å². The SMILES string of the molecule is C#CCCCNCc1ccc2c(c1)C(=C)c1cc(C(=O)NCCCC)ccc1-2. The fourth-order valence-electron chi connectivity index (χ4n) is 3.53. The normalized spacial score (nSPS) is 11.6. The minimum Gasteiger partial charge on any atom is -0.352 e. The minimum absolute atomic E-state index is 0.0168. The van der Waals surface area contributed by atoms with Crippen LogP contribution in [0.15, 0.2) is 43.0 Å². The van der Waals surface area contributed by atoms with Crippen LogP contribution in [0.4, 0.5) is 0 Å². The monoisotopic (exact) mass is 372 g/mol. The Morgan fingerprint density at radius 1 is 1.04 bits per heavy atom. The highest BCUT2D eigenvalue weighted by Crippen LogP contribution is 2.44. The van der Waals surface area contributed by atoms with Gasteiger partial charge in [-0.15, -0.1) is 12.3 Å². The van der Waals surface area contributed by atoms with E-state index in [-0.39, 0.29) is 5.91 Å². The molecular weight excluding hydrogens is 344 g/mol. The zero-order valence-electron chi connectivity index (χ0n) is 16.6. The van der Waals surface area contributed by atoms with Crippen molar-refractivity contribution in [1.82, 2.24) is 10.6 Å². The first-order valence-corrected chi connectivity index (χ1v) is 10.0. The third-order valence-corrected chi connectivity index (χ3v) is 5.13. The average Bonchev–Trinajstić information content (AvgIpc) is 2.99. The largest absolute Gasteiger partial charge is 0.352 e. The van der Waals surface area contributed by atoms with Gasteiger partial charge in [0.25, 0.3) is 5.91 Å². The van der Waals surface area contributed by atoms with E-state index in [1.54, 1.807) is 0 Å². The molecule has 0 saturated heterocycles. The Morgan fingerprint density at radius 3 is 2.54 bits per heavy atom. The highest BCUT2D eigenvalue weighted by Gasteiger charge is 2.23. The van der Waals surface area contributed by atoms with Gasteiger partial charge in [-0.25, -0.2) is 0 Å². The summed E-state index contributed by atoms with van der Waals surface area (Å²) in [7, 11) is 0. The standard InChI is InChI=1S/C25H28N2O/c1-4-6-8-13-26-17-19-9-11-21-22-12-10-20(25(28)27-14-7-5-2)16-24(22)18(3)23(21)15-19/h1,9-12,15-16,26H,3,5-8,13-14,17H2,2H3,(H,27,28). The van der Waals surface area contributed by atoms with E-state index in [2.05, 4.69) is 48.3 Å². The highest BCUT2D eigenvalue weighted by atomic mass is 16.1. The third-order valence-electron chi connectivity index (χ3n) is 5.13. The van der Waals surface area contributed by atoms with Crippen molar-refractivity contribution in [3.8, 4) is 23.5 Å². The summed E-state index contributed by atoms with van der Waals surface area (Å²) >= 11 is 0. The number of carbonyl (C=O) groups excluding carboxylic acids is 1. The van der Waals surface area contributed by atoms with E-state index in [0.29, 0.717) is 12.1 Å². The van der Waals surface area contributed by atoms with Gasteiger partial charge in [0, 0.05) is 25.1 Å². The summed E-state index contributed by atoms with van der Waals surface area (Å²) < 4.78 is 0. The number of rotatable bonds is 9. The number of terminal acetylenes is 1. The molecule has 0 heterocycles. The van der Waals surface area contributed by atoms with Crippen molar-refractivity contribution in [1.29, 1.82) is 0 Å². The van der Waals surface area contributed by atoms with Crippen LogP contribution in [-0.2, 0) is 6.54 Å². The molecule has 3 rings (SSSR count). The van der Waals surface area contributed by atoms with Crippen molar-refractivity contribution in [2.24, 2.45) is 0 Å². The molecule has 0 unspecified atom stereocenters. The van der Waals surface area contributed by atoms with Crippen LogP contribution in [0.2, 0.25) is 0 Å². The van der Waals surface area contributed by atoms with Gasteiger partial charge in [0.2, 0.25) is 0 Å². The fourth-order valence-corrected chi connectivity index (χ4v) is 3.53. The van der Waals surface area contributed by atoms with Crippen LogP contribution in [0, 0.1) is 12.3 Å². The lowest BCUT2D eigenvalue weighted by Crippen LogP contribution is -2.24. The topological polar surface area (TPSA) is 41.1 Å². The summed E-state index contributed by atoms with van der Waals surface area (Å²) in [6.45, 7) is 8.86. The summed E-state index contributed by atoms with van der Waals surface area (Å²) in [5.41, 5.74) is 7.46. The molecule has 0 atom stereocenters. The lowest BCUT2D eigenvalue weighted by atomic mass is 10.0. The van der Waals surface area contributed by atoms with Crippen LogP contribution in [-0.4, -0.2) is 19.0 Å². The Hall–Kier alpha value is -2.83. The van der Waals surface area contributed by atoms with Gasteiger partial charge in [0.05, 0.1) is 0 Å². The second kappa shape index (κ2) is 9.39. The molecule has 1 aliphatic rings. The number of hydrogen-bond donors (Lipinski definition) is 2. The zero-order valence-corrected chi connectivity index (χ0v) is 16.6. The summed E-state index contributed by atoms with van der Waals surface area (Å²) in [5.74, 6) is 2.65. The first-order valence-electron chi connectivity index (χ1n) is 10.0. The summed E-state index contributed by atoms with van der Waals surface area (Å²) in [6.07, 6.45) is 9.14. The van der Waals surface area contributed by atoms with Gasteiger partial charge in [-0.05, 0) is 71.0 Å². The van der Waals surface area contributed by atoms with Crippen molar-refractivity contribution >= 4 is 11.5 Å². The van der Waals surface area contributed by atoms with Crippen LogP contribution in [0.1, 0.15) is 59.7 Å². The molecule has 28 heavy (non-hydrogen) atoms. The molecule has 0 radical (unpaired) electrons. The maximum atomic E-state index is 12.4. The molecule has 2 aromatic rings. The Labute approximate surface area is 168 Å². The van der Waals surface area contributed by atoms with Gasteiger partial charge in [-0.2, -0.15) is 0 Å². The summed E-state index contributed by atoms with van der Waals surface area (Å²) in [4.78, 5) is 12.4. The quantitative estimate of drug-likeness (QED) is 0.420. The molecule has 2 aromatic carbocycles. The Kier molecular flexibility index (Phi) is 6.68. The second-order valence-electron chi connectivity index (χ2n) is 7.21. The first-order chi connectivity index (χ1) is 13.7. The van der Waals surface area contributed by atoms with Crippen molar-refractivity contribution in [3.63, 3.8) is 0 Å². The van der Waals surface area contributed by atoms with Gasteiger partial charge in [-0.3, -0.25) is 4.79 Å². The van der Waals surface area contributed by atoms with Crippen molar-refractivity contribution < 1.29 is 4.79 Å². The first kappa shape index (κ1) is 19.9. The van der Waals surface area contributed by atoms with Crippen molar-refractivity contribution in [2.45, 2.75) is 39.2 Å². The third kappa shape index (κ3) is 4.35. The van der Waals surface area contributed by atoms with Crippen LogP contribution < -0.4 is 10.6 Å². The van der Waals surface area contributed by atoms with Crippen LogP contribution in [0.3, 0.4) is 0 Å². The molecule has 0 aliphatic heterocycles. The zero-order chi connectivity index (χ0) is 19.9. The summed E-state index contributed by atoms with van der Waals surface area (Å²) in [5, 5.41) is 6.42. The van der Waals surface area contributed by atoms with Gasteiger partial charge in [0.1, 0.15) is 0 Å². The lowest BCUT2D eigenvalue weighted by Gasteiger charge is -2.07. The van der Waals surface area contributed by atoms with E-state index in [9.17, 15) is 4.79 Å². The molecule has 1 amide bonds. The molecule has 3 nitrogen and oxygen atoms in total. The van der Waals surface area contributed by atoms with Gasteiger partial charge in [0.15, 0.2) is 0 Å². The number of fused-ring (bicyclic) bond motifs is 3. The van der Waals surface area contributed by atoms with E-state index in [4.69, 9.17) is 6.42 Å². The molecule has 0 bridgehead atoms. The van der Waals surface area contributed by atoms with Crippen LogP contribution in [0.25, 0.3) is 16.7 Å². The molecule has 0 aromatic heterocycles. The van der Waals surface area contributed by atoms with E-state index in [0.717, 1.165) is 61.0 Å². The van der Waals surface area contributed by atoms with Crippen molar-refractivity contribution in [2.75, 3.05) is 13.1 Å². The Balaban J connectivity index is 1.72. The predicted octanol–water partition coefficient (Wildman–Crippen LogP) is 4.76. The Morgan fingerprint density at radius 2 is 1.79 bits per heavy atom. The minimum atomic E-state index is -0.0168. The van der Waals surface area contributed by atoms with E-state index in [1.807, 2.05) is 18.2 Å². The number of nitrogens with one attached hydrogen (secondary N) is 2. The van der Waals surface area contributed by atoms with E-state index >= 15 is 0 Å². The molecule has 144 valence electrons. The molecular formula is C25H28N2O. The number of unbranched alkanes of at least 4 members (excludes halogenated alkanes) is 2. The number of hydrogen-bond acceptors (Lipinski definition) is 2. The second-order valence-corrected chi connectivity index (χ2v) is 7.21. The molecule has 2 N–H and O–H groups in total. The van der Waals surface area contributed by atoms with Gasteiger partial charge >= 0.3 is 0 Å². The Bertz CT molecular complexity index is 921. The number of carbonyl (C=O) groups is 1. The van der Waals surface area contributed by atoms with E-state index < -0.39 is 0 Å². The maximum absolute atomic E-state index is 12.4. The highest BCUT2D eigenvalue weighted by molar-refractivity contribution is 6.03. The fraction of sp³-hybridized carbons (Fsp3) is 0.320.